The molecule has 1 atom stereocenters. The first-order valence-electron chi connectivity index (χ1n) is 6.07. The maximum Gasteiger partial charge on any atom is 0.343 e. The van der Waals surface area contributed by atoms with E-state index in [9.17, 15) is 19.8 Å². The van der Waals surface area contributed by atoms with Crippen LogP contribution in [0.25, 0.3) is 5.76 Å². The van der Waals surface area contributed by atoms with Gasteiger partial charge >= 0.3 is 5.97 Å². The lowest BCUT2D eigenvalue weighted by atomic mass is 9.68. The highest BCUT2D eigenvalue weighted by molar-refractivity contribution is 6.31. The van der Waals surface area contributed by atoms with Crippen molar-refractivity contribution in [3.63, 3.8) is 0 Å². The first-order valence-corrected chi connectivity index (χ1v) is 6.44. The summed E-state index contributed by atoms with van der Waals surface area (Å²) in [6.07, 6.45) is 0.393. The zero-order chi connectivity index (χ0) is 14.5. The number of benzene rings is 1. The van der Waals surface area contributed by atoms with E-state index in [4.69, 9.17) is 16.3 Å². The van der Waals surface area contributed by atoms with Crippen molar-refractivity contribution in [3.8, 4) is 0 Å². The summed E-state index contributed by atoms with van der Waals surface area (Å²) in [7, 11) is 0. The summed E-state index contributed by atoms with van der Waals surface area (Å²) in [5.41, 5.74) is -0.753. The number of halogens is 1. The molecule has 104 valence electrons. The van der Waals surface area contributed by atoms with Gasteiger partial charge in [0.25, 0.3) is 0 Å². The van der Waals surface area contributed by atoms with Crippen LogP contribution in [-0.4, -0.2) is 35.2 Å². The van der Waals surface area contributed by atoms with Gasteiger partial charge in [0.2, 0.25) is 0 Å². The molecule has 1 fully saturated rings. The normalized spacial score (nSPS) is 25.1. The Kier molecular flexibility index (Phi) is 2.84. The molecule has 2 aliphatic rings. The van der Waals surface area contributed by atoms with Gasteiger partial charge in [-0.1, -0.05) is 17.7 Å². The van der Waals surface area contributed by atoms with Crippen molar-refractivity contribution < 1.29 is 24.5 Å². The Morgan fingerprint density at radius 1 is 1.40 bits per heavy atom. The number of aliphatic carboxylic acids is 1. The minimum Gasteiger partial charge on any atom is -0.506 e. The Balaban J connectivity index is 2.34. The van der Waals surface area contributed by atoms with Crippen LogP contribution in [0.2, 0.25) is 5.02 Å². The van der Waals surface area contributed by atoms with E-state index in [0.717, 1.165) is 0 Å². The molecule has 0 bridgehead atoms. The average molecular weight is 295 g/mol. The van der Waals surface area contributed by atoms with Crippen molar-refractivity contribution in [3.05, 3.63) is 39.9 Å². The number of Topliss-reactive ketones (excluding diaryl/α,β-unsaturated/α-hetero) is 1. The van der Waals surface area contributed by atoms with Crippen molar-refractivity contribution in [2.45, 2.75) is 11.8 Å². The summed E-state index contributed by atoms with van der Waals surface area (Å²) in [5.74, 6) is -2.57. The maximum atomic E-state index is 12.5. The van der Waals surface area contributed by atoms with Gasteiger partial charge in [-0.2, -0.15) is 0 Å². The summed E-state index contributed by atoms with van der Waals surface area (Å²) in [6, 6.07) is 4.74. The number of rotatable bonds is 1. The lowest BCUT2D eigenvalue weighted by Crippen LogP contribution is -2.43. The maximum absolute atomic E-state index is 12.5. The lowest BCUT2D eigenvalue weighted by Gasteiger charge is -2.32. The largest absolute Gasteiger partial charge is 0.506 e. The number of hydrogen-bond donors (Lipinski definition) is 2. The quantitative estimate of drug-likeness (QED) is 0.773. The van der Waals surface area contributed by atoms with Crippen molar-refractivity contribution in [1.82, 2.24) is 0 Å². The first kappa shape index (κ1) is 13.1. The molecule has 1 spiro atoms. The minimum absolute atomic E-state index is 0.116. The smallest absolute Gasteiger partial charge is 0.343 e. The van der Waals surface area contributed by atoms with Crippen molar-refractivity contribution in [1.29, 1.82) is 0 Å². The van der Waals surface area contributed by atoms with Crippen molar-refractivity contribution in [2.75, 3.05) is 13.2 Å². The fourth-order valence-corrected chi connectivity index (χ4v) is 3.06. The Labute approximate surface area is 119 Å². The van der Waals surface area contributed by atoms with Gasteiger partial charge in [0.05, 0.1) is 12.0 Å². The van der Waals surface area contributed by atoms with E-state index in [2.05, 4.69) is 0 Å². The van der Waals surface area contributed by atoms with Gasteiger partial charge in [0.15, 0.2) is 5.78 Å². The number of carboxylic acids is 1. The van der Waals surface area contributed by atoms with Crippen LogP contribution in [0.15, 0.2) is 23.8 Å². The molecular weight excluding hydrogens is 284 g/mol. The topological polar surface area (TPSA) is 83.8 Å². The Morgan fingerprint density at radius 2 is 2.15 bits per heavy atom. The predicted molar refractivity (Wildman–Crippen MR) is 70.8 cm³/mol. The number of carbonyl (C=O) groups is 2. The third-order valence-electron chi connectivity index (χ3n) is 3.89. The Bertz CT molecular complexity index is 656. The van der Waals surface area contributed by atoms with E-state index in [1.165, 1.54) is 6.07 Å². The standard InChI is InChI=1S/C14H11ClO5/c15-7-1-2-9-8(5-7)11(16)10(13(18)19)12(17)14(9)3-4-20-6-14/h1-2,5,16H,3-4,6H2,(H,18,19). The fraction of sp³-hybridized carbons (Fsp3) is 0.286. The van der Waals surface area contributed by atoms with Crippen LogP contribution in [0.1, 0.15) is 17.5 Å². The highest BCUT2D eigenvalue weighted by atomic mass is 35.5. The van der Waals surface area contributed by atoms with Crippen LogP contribution in [0, 0.1) is 0 Å². The summed E-state index contributed by atoms with van der Waals surface area (Å²) in [5, 5.41) is 19.7. The highest BCUT2D eigenvalue weighted by Gasteiger charge is 2.51. The number of carbonyl (C=O) groups excluding carboxylic acids is 1. The molecule has 0 radical (unpaired) electrons. The number of ketones is 1. The van der Waals surface area contributed by atoms with Gasteiger partial charge in [-0.05, 0) is 24.1 Å². The second-order valence-corrected chi connectivity index (χ2v) is 5.37. The molecule has 0 saturated carbocycles. The van der Waals surface area contributed by atoms with Gasteiger partial charge in [-0.15, -0.1) is 0 Å². The molecule has 20 heavy (non-hydrogen) atoms. The van der Waals surface area contributed by atoms with Gasteiger partial charge in [0.1, 0.15) is 11.3 Å². The second-order valence-electron chi connectivity index (χ2n) is 4.93. The zero-order valence-electron chi connectivity index (χ0n) is 10.4. The molecule has 5 nitrogen and oxygen atoms in total. The van der Waals surface area contributed by atoms with E-state index in [1.54, 1.807) is 12.1 Å². The van der Waals surface area contributed by atoms with Crippen molar-refractivity contribution >= 4 is 29.1 Å². The highest BCUT2D eigenvalue weighted by Crippen LogP contribution is 2.45. The van der Waals surface area contributed by atoms with Crippen LogP contribution >= 0.6 is 11.6 Å². The van der Waals surface area contributed by atoms with E-state index >= 15 is 0 Å². The SMILES string of the molecule is O=C(O)C1=C(O)c2cc(Cl)ccc2C2(CCOC2)C1=O. The number of aliphatic hydroxyl groups excluding tert-OH is 1. The van der Waals surface area contributed by atoms with Gasteiger partial charge < -0.3 is 14.9 Å². The molecule has 1 aliphatic carbocycles. The molecular formula is C14H11ClO5. The zero-order valence-corrected chi connectivity index (χ0v) is 11.1. The number of hydrogen-bond acceptors (Lipinski definition) is 4. The minimum atomic E-state index is -1.44. The fourth-order valence-electron chi connectivity index (χ4n) is 2.89. The molecule has 1 aromatic carbocycles. The first-order chi connectivity index (χ1) is 9.47. The van der Waals surface area contributed by atoms with Crippen LogP contribution in [0.3, 0.4) is 0 Å². The lowest BCUT2D eigenvalue weighted by molar-refractivity contribution is -0.135. The summed E-state index contributed by atoms with van der Waals surface area (Å²) < 4.78 is 5.31. The van der Waals surface area contributed by atoms with Crippen molar-refractivity contribution in [2.24, 2.45) is 0 Å². The number of aliphatic hydroxyl groups is 1. The van der Waals surface area contributed by atoms with Crippen LogP contribution < -0.4 is 0 Å². The molecule has 0 amide bonds. The van der Waals surface area contributed by atoms with E-state index in [0.29, 0.717) is 29.2 Å². The molecule has 1 saturated heterocycles. The Morgan fingerprint density at radius 3 is 2.75 bits per heavy atom. The third-order valence-corrected chi connectivity index (χ3v) is 4.12. The summed E-state index contributed by atoms with van der Waals surface area (Å²) in [6.45, 7) is 0.492. The molecule has 1 heterocycles. The molecule has 6 heteroatoms. The molecule has 2 N–H and O–H groups in total. The third kappa shape index (κ3) is 1.60. The van der Waals surface area contributed by atoms with Gasteiger partial charge in [-0.25, -0.2) is 4.79 Å². The molecule has 1 aromatic rings. The predicted octanol–water partition coefficient (Wildman–Crippen LogP) is 1.93. The summed E-state index contributed by atoms with van der Waals surface area (Å²) in [4.78, 5) is 23.8. The monoisotopic (exact) mass is 294 g/mol. The number of ether oxygens (including phenoxy) is 1. The second kappa shape index (κ2) is 4.33. The van der Waals surface area contributed by atoms with Gasteiger partial charge in [-0.3, -0.25) is 4.79 Å². The van der Waals surface area contributed by atoms with Gasteiger partial charge in [0, 0.05) is 17.2 Å². The van der Waals surface area contributed by atoms with E-state index in [-0.39, 0.29) is 6.61 Å². The Hall–Kier alpha value is -1.85. The van der Waals surface area contributed by atoms with Crippen LogP contribution in [0.4, 0.5) is 0 Å². The number of carboxylic acid groups (broad SMARTS) is 1. The van der Waals surface area contributed by atoms with Crippen LogP contribution in [-0.2, 0) is 19.7 Å². The van der Waals surface area contributed by atoms with Crippen LogP contribution in [0.5, 0.6) is 0 Å². The molecule has 1 aliphatic heterocycles. The average Bonchev–Trinajstić information content (AvgIpc) is 2.87. The number of fused-ring (bicyclic) bond motifs is 2. The van der Waals surface area contributed by atoms with E-state index < -0.39 is 28.5 Å². The molecule has 0 aromatic heterocycles. The molecule has 1 unspecified atom stereocenters. The van der Waals surface area contributed by atoms with E-state index in [1.807, 2.05) is 0 Å². The molecule has 3 rings (SSSR count). The summed E-state index contributed by atoms with van der Waals surface area (Å²) >= 11 is 5.90.